The first kappa shape index (κ1) is 22.9. The van der Waals surface area contributed by atoms with Crippen molar-refractivity contribution in [3.63, 3.8) is 0 Å². The number of anilines is 1. The van der Waals surface area contributed by atoms with E-state index in [1.807, 2.05) is 31.2 Å². The van der Waals surface area contributed by atoms with Gasteiger partial charge in [0.05, 0.1) is 11.1 Å². The lowest BCUT2D eigenvalue weighted by Gasteiger charge is -2.36. The number of pyridine rings is 1. The fourth-order valence-corrected chi connectivity index (χ4v) is 3.44. The Labute approximate surface area is 181 Å². The molecular formula is C21H20F3N5O3. The molecule has 1 aromatic carbocycles. The number of carbonyl (C=O) groups is 2. The Morgan fingerprint density at radius 1 is 1.22 bits per heavy atom. The molecule has 2 heterocycles. The third-order valence-electron chi connectivity index (χ3n) is 5.01. The number of benzene rings is 1. The predicted octanol–water partition coefficient (Wildman–Crippen LogP) is 3.01. The first-order chi connectivity index (χ1) is 15.1. The number of rotatable bonds is 4. The standard InChI is InChI=1S/C21H20F3N5O3/c1-13-3-2-4-14(9-13)12-26-20(32)29-7-5-28(6-8-29)18-15(11-25)10-16(19(30)31)17(27-18)21(22,23)24/h2-4,9-10H,5-8,12H2,1H3,(H,26,32)(H,30,31). The van der Waals surface area contributed by atoms with Crippen molar-refractivity contribution in [3.8, 4) is 6.07 Å². The van der Waals surface area contributed by atoms with Gasteiger partial charge in [0.15, 0.2) is 5.69 Å². The average Bonchev–Trinajstić information content (AvgIpc) is 2.76. The summed E-state index contributed by atoms with van der Waals surface area (Å²) in [6.07, 6.45) is -4.99. The van der Waals surface area contributed by atoms with Crippen LogP contribution in [0, 0.1) is 18.3 Å². The number of nitriles is 1. The van der Waals surface area contributed by atoms with Crippen molar-refractivity contribution in [1.29, 1.82) is 5.26 Å². The van der Waals surface area contributed by atoms with Gasteiger partial charge in [0.25, 0.3) is 0 Å². The summed E-state index contributed by atoms with van der Waals surface area (Å²) >= 11 is 0. The highest BCUT2D eigenvalue weighted by Gasteiger charge is 2.39. The molecule has 0 spiro atoms. The van der Waals surface area contributed by atoms with Gasteiger partial charge in [0.2, 0.25) is 0 Å². The molecule has 0 saturated carbocycles. The van der Waals surface area contributed by atoms with Gasteiger partial charge in [-0.1, -0.05) is 29.8 Å². The number of aryl methyl sites for hydroxylation is 1. The number of hydrogen-bond donors (Lipinski definition) is 2. The zero-order valence-corrected chi connectivity index (χ0v) is 17.1. The topological polar surface area (TPSA) is 110 Å². The maximum Gasteiger partial charge on any atom is 0.434 e. The monoisotopic (exact) mass is 447 g/mol. The molecule has 11 heteroatoms. The summed E-state index contributed by atoms with van der Waals surface area (Å²) < 4.78 is 40.0. The second kappa shape index (κ2) is 9.13. The maximum atomic E-state index is 13.3. The molecule has 0 unspecified atom stereocenters. The lowest BCUT2D eigenvalue weighted by atomic mass is 10.1. The van der Waals surface area contributed by atoms with Gasteiger partial charge in [-0.2, -0.15) is 18.4 Å². The van der Waals surface area contributed by atoms with Crippen LogP contribution in [0.25, 0.3) is 0 Å². The summed E-state index contributed by atoms with van der Waals surface area (Å²) in [5, 5.41) is 21.2. The summed E-state index contributed by atoms with van der Waals surface area (Å²) in [5.41, 5.74) is -0.895. The van der Waals surface area contributed by atoms with Crippen molar-refractivity contribution in [3.05, 3.63) is 58.3 Å². The first-order valence-corrected chi connectivity index (χ1v) is 9.69. The quantitative estimate of drug-likeness (QED) is 0.746. The smallest absolute Gasteiger partial charge is 0.434 e. The highest BCUT2D eigenvalue weighted by molar-refractivity contribution is 5.90. The average molecular weight is 447 g/mol. The third kappa shape index (κ3) is 5.08. The van der Waals surface area contributed by atoms with Gasteiger partial charge in [-0.15, -0.1) is 0 Å². The van der Waals surface area contributed by atoms with E-state index in [4.69, 9.17) is 5.11 Å². The molecule has 2 aromatic rings. The molecule has 2 N–H and O–H groups in total. The Hall–Kier alpha value is -3.81. The number of carboxylic acids is 1. The highest BCUT2D eigenvalue weighted by Crippen LogP contribution is 2.34. The van der Waals surface area contributed by atoms with Crippen LogP contribution in [0.5, 0.6) is 0 Å². The fourth-order valence-electron chi connectivity index (χ4n) is 3.44. The molecular weight excluding hydrogens is 427 g/mol. The maximum absolute atomic E-state index is 13.3. The van der Waals surface area contributed by atoms with Crippen LogP contribution in [-0.2, 0) is 12.7 Å². The minimum Gasteiger partial charge on any atom is -0.478 e. The highest BCUT2D eigenvalue weighted by atomic mass is 19.4. The van der Waals surface area contributed by atoms with E-state index in [2.05, 4.69) is 10.3 Å². The van der Waals surface area contributed by atoms with Crippen molar-refractivity contribution in [2.75, 3.05) is 31.1 Å². The molecule has 2 amide bonds. The number of carbonyl (C=O) groups excluding carboxylic acids is 1. The lowest BCUT2D eigenvalue weighted by Crippen LogP contribution is -2.52. The predicted molar refractivity (Wildman–Crippen MR) is 108 cm³/mol. The molecule has 8 nitrogen and oxygen atoms in total. The van der Waals surface area contributed by atoms with Crippen molar-refractivity contribution >= 4 is 17.8 Å². The number of urea groups is 1. The van der Waals surface area contributed by atoms with Gasteiger partial charge in [0, 0.05) is 32.7 Å². The molecule has 0 bridgehead atoms. The molecule has 168 valence electrons. The van der Waals surface area contributed by atoms with Gasteiger partial charge in [-0.05, 0) is 18.6 Å². The van der Waals surface area contributed by atoms with E-state index in [0.717, 1.165) is 11.1 Å². The van der Waals surface area contributed by atoms with Crippen molar-refractivity contribution in [2.24, 2.45) is 0 Å². The largest absolute Gasteiger partial charge is 0.478 e. The number of amides is 2. The zero-order valence-electron chi connectivity index (χ0n) is 17.1. The normalized spacial score (nSPS) is 14.1. The zero-order chi connectivity index (χ0) is 23.5. The molecule has 0 atom stereocenters. The van der Waals surface area contributed by atoms with Gasteiger partial charge in [-0.25, -0.2) is 14.6 Å². The van der Waals surface area contributed by atoms with E-state index in [1.165, 1.54) is 9.80 Å². The molecule has 1 aromatic heterocycles. The summed E-state index contributed by atoms with van der Waals surface area (Å²) in [6, 6.07) is 9.77. The Balaban J connectivity index is 1.71. The van der Waals surface area contributed by atoms with Crippen LogP contribution in [0.4, 0.5) is 23.8 Å². The number of nitrogens with zero attached hydrogens (tertiary/aromatic N) is 4. The minimum absolute atomic E-state index is 0.142. The van der Waals surface area contributed by atoms with E-state index in [-0.39, 0.29) is 43.6 Å². The van der Waals surface area contributed by atoms with Crippen LogP contribution in [-0.4, -0.2) is 53.2 Å². The third-order valence-corrected chi connectivity index (χ3v) is 5.01. The Morgan fingerprint density at radius 2 is 1.91 bits per heavy atom. The summed E-state index contributed by atoms with van der Waals surface area (Å²) in [6.45, 7) is 2.97. The molecule has 1 fully saturated rings. The van der Waals surface area contributed by atoms with E-state index >= 15 is 0 Å². The van der Waals surface area contributed by atoms with Crippen molar-refractivity contribution in [1.82, 2.24) is 15.2 Å². The van der Waals surface area contributed by atoms with Crippen molar-refractivity contribution in [2.45, 2.75) is 19.6 Å². The van der Waals surface area contributed by atoms with Crippen LogP contribution in [0.2, 0.25) is 0 Å². The van der Waals surface area contributed by atoms with Gasteiger partial charge in [-0.3, -0.25) is 0 Å². The minimum atomic E-state index is -4.99. The number of carboxylic acid groups (broad SMARTS) is 1. The molecule has 32 heavy (non-hydrogen) atoms. The molecule has 1 aliphatic heterocycles. The second-order valence-corrected chi connectivity index (χ2v) is 7.29. The number of hydrogen-bond acceptors (Lipinski definition) is 5. The van der Waals surface area contributed by atoms with Crippen LogP contribution in [0.1, 0.15) is 32.7 Å². The van der Waals surface area contributed by atoms with E-state index < -0.39 is 23.4 Å². The van der Waals surface area contributed by atoms with Crippen LogP contribution < -0.4 is 10.2 Å². The molecule has 0 radical (unpaired) electrons. The van der Waals surface area contributed by atoms with E-state index in [0.29, 0.717) is 12.6 Å². The van der Waals surface area contributed by atoms with Gasteiger partial charge >= 0.3 is 18.2 Å². The number of aromatic nitrogens is 1. The van der Waals surface area contributed by atoms with Gasteiger partial charge < -0.3 is 20.2 Å². The number of alkyl halides is 3. The molecule has 1 saturated heterocycles. The van der Waals surface area contributed by atoms with E-state index in [1.54, 1.807) is 6.07 Å². The summed E-state index contributed by atoms with van der Waals surface area (Å²) in [7, 11) is 0. The molecule has 1 aliphatic rings. The summed E-state index contributed by atoms with van der Waals surface area (Å²) in [4.78, 5) is 30.1. The lowest BCUT2D eigenvalue weighted by molar-refractivity contribution is -0.141. The molecule has 3 rings (SSSR count). The number of halogens is 3. The van der Waals surface area contributed by atoms with Crippen LogP contribution in [0.15, 0.2) is 30.3 Å². The van der Waals surface area contributed by atoms with Crippen molar-refractivity contribution < 1.29 is 27.9 Å². The number of nitrogens with one attached hydrogen (secondary N) is 1. The van der Waals surface area contributed by atoms with Gasteiger partial charge in [0.1, 0.15) is 11.9 Å². The fraction of sp³-hybridized carbons (Fsp3) is 0.333. The molecule has 0 aliphatic carbocycles. The number of piperazine rings is 1. The second-order valence-electron chi connectivity index (χ2n) is 7.29. The van der Waals surface area contributed by atoms with E-state index in [9.17, 15) is 28.0 Å². The van der Waals surface area contributed by atoms with Crippen LogP contribution >= 0.6 is 0 Å². The Morgan fingerprint density at radius 3 is 2.47 bits per heavy atom. The SMILES string of the molecule is Cc1cccc(CNC(=O)N2CCN(c3nc(C(F)(F)F)c(C(=O)O)cc3C#N)CC2)c1. The Kier molecular flexibility index (Phi) is 6.53. The first-order valence-electron chi connectivity index (χ1n) is 9.69. The number of aromatic carboxylic acids is 1. The Bertz CT molecular complexity index is 1070. The van der Waals surface area contributed by atoms with Crippen LogP contribution in [0.3, 0.4) is 0 Å². The summed E-state index contributed by atoms with van der Waals surface area (Å²) in [5.74, 6) is -2.06.